The number of hydrogen-bond acceptors (Lipinski definition) is 5. The first kappa shape index (κ1) is 44.1. The summed E-state index contributed by atoms with van der Waals surface area (Å²) in [5.74, 6) is 1.27. The minimum absolute atomic E-state index is 0.0243. The lowest BCUT2D eigenvalue weighted by atomic mass is 9.77. The summed E-state index contributed by atoms with van der Waals surface area (Å²) in [5, 5.41) is 4.34. The maximum absolute atomic E-state index is 9.58. The van der Waals surface area contributed by atoms with Gasteiger partial charge in [-0.05, 0) is 146 Å². The molecule has 0 spiro atoms. The van der Waals surface area contributed by atoms with Gasteiger partial charge in [0, 0.05) is 68.8 Å². The highest BCUT2D eigenvalue weighted by Crippen LogP contribution is 2.53. The Hall–Kier alpha value is -7.67. The third-order valence-electron chi connectivity index (χ3n) is 15.7. The lowest BCUT2D eigenvalue weighted by Gasteiger charge is -2.32. The lowest BCUT2D eigenvalue weighted by Crippen LogP contribution is -2.26. The molecule has 0 N–H and O–H groups in total. The quantitative estimate of drug-likeness (QED) is 0.144. The second-order valence-electron chi connectivity index (χ2n) is 26.1. The smallest absolute Gasteiger partial charge is 0.137 e. The van der Waals surface area contributed by atoms with E-state index in [1.54, 1.807) is 17.4 Å². The molecule has 12 rings (SSSR count). The van der Waals surface area contributed by atoms with Crippen molar-refractivity contribution in [3.63, 3.8) is 0 Å². The molecule has 1 aliphatic heterocycles. The van der Waals surface area contributed by atoms with Gasteiger partial charge >= 0.3 is 0 Å². The summed E-state index contributed by atoms with van der Waals surface area (Å²) in [4.78, 5) is 9.35. The maximum Gasteiger partial charge on any atom is 0.137 e. The van der Waals surface area contributed by atoms with E-state index in [9.17, 15) is 2.74 Å². The van der Waals surface area contributed by atoms with Crippen molar-refractivity contribution in [1.29, 1.82) is 0 Å². The number of pyridine rings is 1. The number of hydrogen-bond donors (Lipinski definition) is 0. The molecule has 4 heterocycles. The van der Waals surface area contributed by atoms with E-state index in [1.807, 2.05) is 44.2 Å². The topological polar surface area (TPSA) is 33.5 Å². The number of rotatable bonds is 9. The number of nitrogens with zero attached hydrogens (tertiary/aromatic N) is 4. The molecule has 0 saturated carbocycles. The molecule has 3 aromatic heterocycles. The van der Waals surface area contributed by atoms with Crippen molar-refractivity contribution in [1.82, 2.24) is 9.55 Å². The third-order valence-corrected chi connectivity index (χ3v) is 16.9. The zero-order valence-electron chi connectivity index (χ0n) is 56.7. The fourth-order valence-corrected chi connectivity index (χ4v) is 12.5. The van der Waals surface area contributed by atoms with E-state index >= 15 is 0 Å². The first-order valence-corrected chi connectivity index (χ1v) is 28.8. The van der Waals surface area contributed by atoms with Gasteiger partial charge in [-0.25, -0.2) is 4.98 Å². The number of thiophene rings is 1. The van der Waals surface area contributed by atoms with E-state index in [2.05, 4.69) is 195 Å². The molecule has 80 heavy (non-hydrogen) atoms. The number of fused-ring (bicyclic) bond motifs is 8. The van der Waals surface area contributed by atoms with Crippen molar-refractivity contribution in [2.75, 3.05) is 16.5 Å². The zero-order chi connectivity index (χ0) is 63.2. The highest BCUT2D eigenvalue weighted by molar-refractivity contribution is 7.26. The Labute approximate surface area is 489 Å². The number of benzene rings is 8. The van der Waals surface area contributed by atoms with Crippen LogP contribution in [0.25, 0.3) is 70.0 Å². The molecule has 8 aromatic carbocycles. The monoisotopic (exact) mass is 1080 g/mol. The molecule has 0 unspecified atom stereocenters. The number of ether oxygens (including phenoxy) is 1. The van der Waals surface area contributed by atoms with Gasteiger partial charge in [0.25, 0.3) is 0 Å². The van der Waals surface area contributed by atoms with Crippen molar-refractivity contribution < 1.29 is 15.7 Å². The molecule has 11 aromatic rings. The van der Waals surface area contributed by atoms with Crippen molar-refractivity contribution in [2.24, 2.45) is 5.92 Å². The predicted molar refractivity (Wildman–Crippen MR) is 344 cm³/mol. The van der Waals surface area contributed by atoms with E-state index in [-0.39, 0.29) is 46.0 Å². The van der Waals surface area contributed by atoms with Crippen LogP contribution in [0.2, 0.25) is 0 Å². The van der Waals surface area contributed by atoms with E-state index in [0.29, 0.717) is 35.1 Å². The highest BCUT2D eigenvalue weighted by atomic mass is 32.1. The van der Waals surface area contributed by atoms with Gasteiger partial charge in [-0.3, -0.25) is 4.57 Å². The first-order valence-electron chi connectivity index (χ1n) is 32.0. The van der Waals surface area contributed by atoms with Gasteiger partial charge in [-0.2, -0.15) is 0 Å². The van der Waals surface area contributed by atoms with Gasteiger partial charge < -0.3 is 14.5 Å². The Bertz CT molecular complexity index is 4600. The van der Waals surface area contributed by atoms with Crippen LogP contribution in [0.4, 0.5) is 22.7 Å². The molecule has 0 fully saturated rings. The van der Waals surface area contributed by atoms with Crippen LogP contribution in [-0.2, 0) is 28.0 Å². The zero-order valence-corrected chi connectivity index (χ0v) is 49.5. The summed E-state index contributed by atoms with van der Waals surface area (Å²) in [6, 6.07) is 46.3. The molecule has 0 aliphatic carbocycles. The molecule has 0 bridgehead atoms. The van der Waals surface area contributed by atoms with Gasteiger partial charge in [0.2, 0.25) is 0 Å². The minimum atomic E-state index is -1.72. The lowest BCUT2D eigenvalue weighted by molar-refractivity contribution is 0.479. The summed E-state index contributed by atoms with van der Waals surface area (Å²) in [5.41, 5.74) is 11.1. The molecule has 1 aliphatic rings. The normalized spacial score (nSPS) is 15.0. The van der Waals surface area contributed by atoms with Gasteiger partial charge in [-0.15, -0.1) is 11.3 Å². The fourth-order valence-electron chi connectivity index (χ4n) is 11.3. The average molecular weight is 1080 g/mol. The van der Waals surface area contributed by atoms with Crippen LogP contribution < -0.4 is 14.5 Å². The van der Waals surface area contributed by atoms with Crippen molar-refractivity contribution in [3.05, 3.63) is 204 Å². The second-order valence-corrected chi connectivity index (χ2v) is 27.2. The van der Waals surface area contributed by atoms with Gasteiger partial charge in [0.15, 0.2) is 0 Å². The highest BCUT2D eigenvalue weighted by Gasteiger charge is 2.34. The summed E-state index contributed by atoms with van der Waals surface area (Å²) in [6.45, 7) is 30.4. The van der Waals surface area contributed by atoms with Crippen LogP contribution >= 0.6 is 11.3 Å². The molecular formula is C74H76N4OS. The molecule has 404 valence electrons. The Morgan fingerprint density at radius 2 is 1.18 bits per heavy atom. The molecule has 0 amide bonds. The Kier molecular flexibility index (Phi) is 10.8. The largest absolute Gasteiger partial charge is 0.457 e. The molecule has 0 saturated heterocycles. The van der Waals surface area contributed by atoms with Crippen molar-refractivity contribution in [2.45, 2.75) is 125 Å². The fraction of sp³-hybridized carbons (Fsp3) is 0.284. The van der Waals surface area contributed by atoms with Gasteiger partial charge in [-0.1, -0.05) is 182 Å². The molecule has 0 atom stereocenters. The molecule has 5 nitrogen and oxygen atoms in total. The average Bonchev–Trinajstić information content (AvgIpc) is 1.56. The first-order chi connectivity index (χ1) is 41.2. The second kappa shape index (κ2) is 19.6. The predicted octanol–water partition coefficient (Wildman–Crippen LogP) is 21.3. The number of para-hydroxylation sites is 2. The van der Waals surface area contributed by atoms with Gasteiger partial charge in [0.1, 0.15) is 24.0 Å². The van der Waals surface area contributed by atoms with E-state index < -0.39 is 29.9 Å². The van der Waals surface area contributed by atoms with Crippen LogP contribution in [0.1, 0.15) is 136 Å². The Morgan fingerprint density at radius 3 is 1.85 bits per heavy atom. The summed E-state index contributed by atoms with van der Waals surface area (Å²) in [7, 11) is 0. The third kappa shape index (κ3) is 9.74. The van der Waals surface area contributed by atoms with E-state index in [4.69, 9.17) is 17.9 Å². The molecule has 0 radical (unpaired) electrons. The van der Waals surface area contributed by atoms with Gasteiger partial charge in [0.05, 0.1) is 36.3 Å². The number of anilines is 4. The molecular weight excluding hydrogens is 993 g/mol. The molecule has 6 heteroatoms. The van der Waals surface area contributed by atoms with Crippen molar-refractivity contribution >= 4 is 76.1 Å². The summed E-state index contributed by atoms with van der Waals surface area (Å²) < 4.78 is 84.7. The van der Waals surface area contributed by atoms with E-state index in [1.165, 1.54) is 16.2 Å². The van der Waals surface area contributed by atoms with Crippen LogP contribution in [0.5, 0.6) is 11.5 Å². The van der Waals surface area contributed by atoms with E-state index in [0.717, 1.165) is 88.0 Å². The SMILES string of the molecule is [2H]c1cc(C([2H])([2H])C(C)C)cc(-n2c3cc(Oc4cc(N5CN(c6c(-c7cc(C(C)(C)C)cc(C(C)(C)C)c7)cc(C(C)(C)C)cc6-c6c([2H])c([2H])c([2H])c([2H])c6[2H])c6ccccc65)cc(C(C)(C)C)c4)ccc3c3c4sc5ccccc5c4ccc32)n1. The number of aromatic nitrogens is 2. The standard InChI is InChI=1S/C74H76N4OS/c1-46(2)34-47-32-33-75-67(35-47)78-64-31-30-58-57-24-18-21-27-66(57)80-70(58)68(64)59-29-28-55(44-65(59)78)79-56-40-52(73(9,10)11)39-54(43-56)76-45-77(63-26-20-19-25-62(63)76)69-60(48-22-16-15-17-23-48)41-53(74(12,13)14)42-61(69)49-36-50(71(3,4)5)38-51(37-49)72(6,7)8/h15-33,35-44,46H,34,45H2,1-14H3/i15D,16D,17D,22D,23D,33D,34D2. The van der Waals surface area contributed by atoms with Crippen LogP contribution in [0, 0.1) is 5.92 Å². The maximum atomic E-state index is 9.58. The van der Waals surface area contributed by atoms with Crippen LogP contribution in [0.15, 0.2) is 176 Å². The summed E-state index contributed by atoms with van der Waals surface area (Å²) >= 11 is 1.74. The van der Waals surface area contributed by atoms with Crippen LogP contribution in [-0.4, -0.2) is 16.2 Å². The Morgan fingerprint density at radius 1 is 0.562 bits per heavy atom. The van der Waals surface area contributed by atoms with Crippen LogP contribution in [0.3, 0.4) is 0 Å². The summed E-state index contributed by atoms with van der Waals surface area (Å²) in [6.07, 6.45) is -1.74. The minimum Gasteiger partial charge on any atom is -0.457 e. The Balaban J connectivity index is 1.06. The van der Waals surface area contributed by atoms with Crippen molar-refractivity contribution in [3.8, 4) is 39.6 Å².